The smallest absolute Gasteiger partial charge is 0.315 e. The third-order valence-electron chi connectivity index (χ3n) is 5.96. The maximum Gasteiger partial charge on any atom is 0.322 e. The summed E-state index contributed by atoms with van der Waals surface area (Å²) in [6.07, 6.45) is 0. The molecule has 0 radical (unpaired) electrons. The van der Waals surface area contributed by atoms with Crippen molar-refractivity contribution in [3.63, 3.8) is 0 Å². The maximum atomic E-state index is 13.4. The minimum Gasteiger partial charge on any atom is -0.315 e. The number of carbonyl (C=O) groups is 2. The molecule has 4 rings (SSSR count). The molecule has 190 valence electrons. The second-order valence-corrected chi connectivity index (χ2v) is 9.49. The van der Waals surface area contributed by atoms with E-state index in [1.54, 1.807) is 4.68 Å². The van der Waals surface area contributed by atoms with Crippen LogP contribution in [0.5, 0.6) is 0 Å². The van der Waals surface area contributed by atoms with Gasteiger partial charge in [-0.3, -0.25) is 4.79 Å². The van der Waals surface area contributed by atoms with Crippen LogP contribution in [0.3, 0.4) is 0 Å². The first-order valence-electron chi connectivity index (χ1n) is 12.5. The van der Waals surface area contributed by atoms with Gasteiger partial charge in [0.05, 0.1) is 11.4 Å². The number of amides is 3. The van der Waals surface area contributed by atoms with Gasteiger partial charge in [0.2, 0.25) is 5.91 Å². The van der Waals surface area contributed by atoms with E-state index in [-0.39, 0.29) is 24.4 Å². The van der Waals surface area contributed by atoms with Gasteiger partial charge in [-0.2, -0.15) is 5.10 Å². The number of nitrogens with zero attached hydrogens (tertiary/aromatic N) is 3. The fourth-order valence-corrected chi connectivity index (χ4v) is 4.30. The zero-order chi connectivity index (χ0) is 26.4. The lowest BCUT2D eigenvalue weighted by atomic mass is 10.1. The van der Waals surface area contributed by atoms with Gasteiger partial charge in [0, 0.05) is 17.8 Å². The van der Waals surface area contributed by atoms with Gasteiger partial charge in [-0.15, -0.1) is 0 Å². The van der Waals surface area contributed by atoms with Gasteiger partial charge in [0.25, 0.3) is 0 Å². The van der Waals surface area contributed by atoms with Crippen LogP contribution >= 0.6 is 0 Å². The number of benzene rings is 3. The third-order valence-corrected chi connectivity index (χ3v) is 5.96. The lowest BCUT2D eigenvalue weighted by Crippen LogP contribution is -2.42. The summed E-state index contributed by atoms with van der Waals surface area (Å²) in [7, 11) is 0. The Morgan fingerprint density at radius 2 is 1.49 bits per heavy atom. The summed E-state index contributed by atoms with van der Waals surface area (Å²) in [5.41, 5.74) is 5.19. The molecule has 0 aliphatic carbocycles. The molecule has 2 N–H and O–H groups in total. The van der Waals surface area contributed by atoms with E-state index in [1.807, 2.05) is 113 Å². The average Bonchev–Trinajstić information content (AvgIpc) is 3.19. The standard InChI is InChI=1S/C30H33N5O2/c1-21(2)19-34(30(37)31-25-16-9-6-10-17-25)20-27(36)32-29-28(24-14-7-5-8-15-24)23(4)33-35(29)26-18-12-11-13-22(26)3/h5-18,21H,19-20H2,1-4H3,(H,31,37)(H,32,36). The fraction of sp³-hybridized carbons (Fsp3) is 0.233. The predicted octanol–water partition coefficient (Wildman–Crippen LogP) is 6.28. The van der Waals surface area contributed by atoms with Gasteiger partial charge in [-0.05, 0) is 49.1 Å². The number of hydrogen-bond donors (Lipinski definition) is 2. The zero-order valence-corrected chi connectivity index (χ0v) is 21.7. The quantitative estimate of drug-likeness (QED) is 0.302. The normalized spacial score (nSPS) is 10.8. The van der Waals surface area contributed by atoms with E-state index in [1.165, 1.54) is 4.90 Å². The van der Waals surface area contributed by atoms with Crippen LogP contribution in [0.2, 0.25) is 0 Å². The van der Waals surface area contributed by atoms with E-state index in [2.05, 4.69) is 10.6 Å². The van der Waals surface area contributed by atoms with Crippen molar-refractivity contribution in [3.05, 3.63) is 96.2 Å². The molecular weight excluding hydrogens is 462 g/mol. The molecule has 0 bridgehead atoms. The number of hydrogen-bond acceptors (Lipinski definition) is 3. The van der Waals surface area contributed by atoms with Crippen molar-refractivity contribution in [1.29, 1.82) is 0 Å². The molecule has 7 nitrogen and oxygen atoms in total. The average molecular weight is 496 g/mol. The Bertz CT molecular complexity index is 1360. The molecule has 0 saturated heterocycles. The van der Waals surface area contributed by atoms with E-state index in [0.717, 1.165) is 28.1 Å². The predicted molar refractivity (Wildman–Crippen MR) is 149 cm³/mol. The Kier molecular flexibility index (Phi) is 8.03. The molecule has 1 aromatic heterocycles. The van der Waals surface area contributed by atoms with Crippen LogP contribution in [0.4, 0.5) is 16.3 Å². The number of nitrogens with one attached hydrogen (secondary N) is 2. The number of rotatable bonds is 8. The Labute approximate surface area is 218 Å². The first kappa shape index (κ1) is 25.7. The first-order chi connectivity index (χ1) is 17.8. The highest BCUT2D eigenvalue weighted by atomic mass is 16.2. The van der Waals surface area contributed by atoms with Crippen LogP contribution < -0.4 is 10.6 Å². The van der Waals surface area contributed by atoms with Crippen molar-refractivity contribution < 1.29 is 9.59 Å². The second-order valence-electron chi connectivity index (χ2n) is 9.49. The summed E-state index contributed by atoms with van der Waals surface area (Å²) < 4.78 is 1.78. The first-order valence-corrected chi connectivity index (χ1v) is 12.5. The molecule has 0 unspecified atom stereocenters. The van der Waals surface area contributed by atoms with E-state index in [4.69, 9.17) is 5.10 Å². The van der Waals surface area contributed by atoms with Crippen LogP contribution in [0, 0.1) is 19.8 Å². The highest BCUT2D eigenvalue weighted by molar-refractivity contribution is 5.99. The summed E-state index contributed by atoms with van der Waals surface area (Å²) in [6, 6.07) is 26.7. The monoisotopic (exact) mass is 495 g/mol. The van der Waals surface area contributed by atoms with Crippen molar-refractivity contribution in [3.8, 4) is 16.8 Å². The van der Waals surface area contributed by atoms with Gasteiger partial charge >= 0.3 is 6.03 Å². The van der Waals surface area contributed by atoms with Crippen molar-refractivity contribution >= 4 is 23.4 Å². The van der Waals surface area contributed by atoms with Crippen molar-refractivity contribution in [2.75, 3.05) is 23.7 Å². The molecule has 0 aliphatic heterocycles. The second kappa shape index (κ2) is 11.6. The van der Waals surface area contributed by atoms with Crippen molar-refractivity contribution in [2.24, 2.45) is 5.92 Å². The van der Waals surface area contributed by atoms with Gasteiger partial charge in [0.1, 0.15) is 12.4 Å². The lowest BCUT2D eigenvalue weighted by Gasteiger charge is -2.24. The SMILES string of the molecule is Cc1ccccc1-n1nc(C)c(-c2ccccc2)c1NC(=O)CN(CC(C)C)C(=O)Nc1ccccc1. The Hall–Kier alpha value is -4.39. The van der Waals surface area contributed by atoms with Crippen LogP contribution in [0.1, 0.15) is 25.1 Å². The number of aromatic nitrogens is 2. The van der Waals surface area contributed by atoms with E-state index in [9.17, 15) is 9.59 Å². The van der Waals surface area contributed by atoms with E-state index < -0.39 is 0 Å². The Morgan fingerprint density at radius 1 is 0.865 bits per heavy atom. The molecule has 4 aromatic rings. The molecule has 0 spiro atoms. The molecule has 7 heteroatoms. The molecule has 3 aromatic carbocycles. The van der Waals surface area contributed by atoms with Gasteiger partial charge in [0.15, 0.2) is 0 Å². The molecular formula is C30H33N5O2. The number of aryl methyl sites for hydroxylation is 2. The molecule has 37 heavy (non-hydrogen) atoms. The van der Waals surface area contributed by atoms with Gasteiger partial charge in [-0.25, -0.2) is 9.48 Å². The summed E-state index contributed by atoms with van der Waals surface area (Å²) in [6.45, 7) is 8.33. The largest absolute Gasteiger partial charge is 0.322 e. The van der Waals surface area contributed by atoms with Crippen LogP contribution in [-0.4, -0.2) is 39.7 Å². The molecule has 3 amide bonds. The van der Waals surface area contributed by atoms with Crippen LogP contribution in [-0.2, 0) is 4.79 Å². The highest BCUT2D eigenvalue weighted by Crippen LogP contribution is 2.34. The number of carbonyl (C=O) groups excluding carboxylic acids is 2. The third kappa shape index (κ3) is 6.25. The molecule has 0 atom stereocenters. The minimum atomic E-state index is -0.318. The van der Waals surface area contributed by atoms with Crippen LogP contribution in [0.25, 0.3) is 16.8 Å². The van der Waals surface area contributed by atoms with Crippen molar-refractivity contribution in [1.82, 2.24) is 14.7 Å². The van der Waals surface area contributed by atoms with Crippen molar-refractivity contribution in [2.45, 2.75) is 27.7 Å². The molecule has 0 fully saturated rings. The topological polar surface area (TPSA) is 79.3 Å². The minimum absolute atomic E-state index is 0.0942. The maximum absolute atomic E-state index is 13.4. The van der Waals surface area contributed by atoms with E-state index >= 15 is 0 Å². The van der Waals surface area contributed by atoms with E-state index in [0.29, 0.717) is 18.1 Å². The summed E-state index contributed by atoms with van der Waals surface area (Å²) in [5, 5.41) is 10.8. The zero-order valence-electron chi connectivity index (χ0n) is 21.7. The highest BCUT2D eigenvalue weighted by Gasteiger charge is 2.24. The lowest BCUT2D eigenvalue weighted by molar-refractivity contribution is -0.116. The van der Waals surface area contributed by atoms with Gasteiger partial charge < -0.3 is 15.5 Å². The van der Waals surface area contributed by atoms with Crippen LogP contribution in [0.15, 0.2) is 84.9 Å². The summed E-state index contributed by atoms with van der Waals surface area (Å²) in [5.74, 6) is 0.473. The molecule has 0 saturated carbocycles. The number of urea groups is 1. The number of para-hydroxylation sites is 2. The number of anilines is 2. The molecule has 1 heterocycles. The van der Waals surface area contributed by atoms with Gasteiger partial charge in [-0.1, -0.05) is 80.6 Å². The Balaban J connectivity index is 1.65. The molecule has 0 aliphatic rings. The fourth-order valence-electron chi connectivity index (χ4n) is 4.30. The summed E-state index contributed by atoms with van der Waals surface area (Å²) >= 11 is 0. The Morgan fingerprint density at radius 3 is 2.14 bits per heavy atom. The summed E-state index contributed by atoms with van der Waals surface area (Å²) in [4.78, 5) is 28.1.